The maximum absolute atomic E-state index is 12.1. The maximum Gasteiger partial charge on any atom is 0.233 e. The van der Waals surface area contributed by atoms with Crippen molar-refractivity contribution in [1.29, 1.82) is 0 Å². The number of sulfonamides is 1. The zero-order valence-electron chi connectivity index (χ0n) is 13.4. The molecule has 8 heteroatoms. The van der Waals surface area contributed by atoms with Gasteiger partial charge in [0.1, 0.15) is 6.10 Å². The fourth-order valence-electron chi connectivity index (χ4n) is 2.29. The highest BCUT2D eigenvalue weighted by molar-refractivity contribution is 7.89. The van der Waals surface area contributed by atoms with E-state index in [1.54, 1.807) is 6.07 Å². The number of hydrogen-bond donors (Lipinski definition) is 0. The Bertz CT molecular complexity index is 574. The summed E-state index contributed by atoms with van der Waals surface area (Å²) in [5.74, 6) is 1.40. The van der Waals surface area contributed by atoms with Gasteiger partial charge in [0.25, 0.3) is 0 Å². The SMILES string of the molecule is CCCCS(=O)(=O)N1CCC(Oc2ccc(N(C)C)nn2)C1. The van der Waals surface area contributed by atoms with Crippen molar-refractivity contribution < 1.29 is 13.2 Å². The lowest BCUT2D eigenvalue weighted by molar-refractivity contribution is 0.204. The molecule has 2 rings (SSSR count). The molecule has 1 saturated heterocycles. The molecule has 1 aromatic rings. The molecule has 2 heterocycles. The quantitative estimate of drug-likeness (QED) is 0.747. The van der Waals surface area contributed by atoms with Crippen LogP contribution in [0.3, 0.4) is 0 Å². The van der Waals surface area contributed by atoms with Crippen LogP contribution in [0.25, 0.3) is 0 Å². The number of anilines is 1. The second kappa shape index (κ2) is 7.23. The summed E-state index contributed by atoms with van der Waals surface area (Å²) in [6, 6.07) is 3.59. The van der Waals surface area contributed by atoms with Crippen molar-refractivity contribution in [1.82, 2.24) is 14.5 Å². The predicted octanol–water partition coefficient (Wildman–Crippen LogP) is 1.13. The van der Waals surface area contributed by atoms with Crippen LogP contribution in [0.1, 0.15) is 26.2 Å². The second-order valence-corrected chi connectivity index (χ2v) is 7.77. The molecule has 1 aliphatic rings. The molecule has 1 fully saturated rings. The molecule has 0 aromatic carbocycles. The van der Waals surface area contributed by atoms with Gasteiger partial charge in [-0.1, -0.05) is 13.3 Å². The van der Waals surface area contributed by atoms with Crippen molar-refractivity contribution in [3.63, 3.8) is 0 Å². The van der Waals surface area contributed by atoms with Crippen molar-refractivity contribution >= 4 is 15.8 Å². The maximum atomic E-state index is 12.1. The number of ether oxygens (including phenoxy) is 1. The first-order valence-corrected chi connectivity index (χ1v) is 9.19. The minimum atomic E-state index is -3.15. The van der Waals surface area contributed by atoms with E-state index in [-0.39, 0.29) is 11.9 Å². The summed E-state index contributed by atoms with van der Waals surface area (Å²) >= 11 is 0. The van der Waals surface area contributed by atoms with Crippen molar-refractivity contribution in [2.75, 3.05) is 37.8 Å². The van der Waals surface area contributed by atoms with E-state index in [4.69, 9.17) is 4.74 Å². The van der Waals surface area contributed by atoms with Crippen molar-refractivity contribution in [2.45, 2.75) is 32.3 Å². The lowest BCUT2D eigenvalue weighted by Crippen LogP contribution is -2.32. The Morgan fingerprint density at radius 1 is 1.36 bits per heavy atom. The largest absolute Gasteiger partial charge is 0.472 e. The van der Waals surface area contributed by atoms with Gasteiger partial charge in [-0.25, -0.2) is 8.42 Å². The van der Waals surface area contributed by atoms with Gasteiger partial charge in [-0.15, -0.1) is 10.2 Å². The van der Waals surface area contributed by atoms with Crippen LogP contribution in [-0.2, 0) is 10.0 Å². The van der Waals surface area contributed by atoms with E-state index in [2.05, 4.69) is 10.2 Å². The van der Waals surface area contributed by atoms with Gasteiger partial charge in [0.05, 0.1) is 12.3 Å². The molecule has 124 valence electrons. The van der Waals surface area contributed by atoms with Gasteiger partial charge in [0.2, 0.25) is 15.9 Å². The molecule has 0 bridgehead atoms. The van der Waals surface area contributed by atoms with Gasteiger partial charge >= 0.3 is 0 Å². The van der Waals surface area contributed by atoms with Crippen LogP contribution >= 0.6 is 0 Å². The summed E-state index contributed by atoms with van der Waals surface area (Å²) in [5.41, 5.74) is 0. The minimum absolute atomic E-state index is 0.157. The zero-order valence-corrected chi connectivity index (χ0v) is 14.2. The minimum Gasteiger partial charge on any atom is -0.472 e. The summed E-state index contributed by atoms with van der Waals surface area (Å²) < 4.78 is 31.6. The highest BCUT2D eigenvalue weighted by atomic mass is 32.2. The van der Waals surface area contributed by atoms with Crippen molar-refractivity contribution in [3.8, 4) is 5.88 Å². The number of aromatic nitrogens is 2. The Hall–Kier alpha value is -1.41. The summed E-state index contributed by atoms with van der Waals surface area (Å²) in [6.07, 6.45) is 2.10. The van der Waals surface area contributed by atoms with Crippen LogP contribution < -0.4 is 9.64 Å². The van der Waals surface area contributed by atoms with Crippen LogP contribution in [0.4, 0.5) is 5.82 Å². The van der Waals surface area contributed by atoms with Crippen molar-refractivity contribution in [2.24, 2.45) is 0 Å². The van der Waals surface area contributed by atoms with Crippen LogP contribution in [0.2, 0.25) is 0 Å². The molecule has 1 unspecified atom stereocenters. The van der Waals surface area contributed by atoms with Gasteiger partial charge in [-0.2, -0.15) is 4.31 Å². The fourth-order valence-corrected chi connectivity index (χ4v) is 3.98. The Kier molecular flexibility index (Phi) is 5.57. The first-order chi connectivity index (χ1) is 10.4. The number of hydrogen-bond acceptors (Lipinski definition) is 6. The molecule has 0 spiro atoms. The molecule has 0 aliphatic carbocycles. The first kappa shape index (κ1) is 17.0. The zero-order chi connectivity index (χ0) is 16.2. The van der Waals surface area contributed by atoms with E-state index in [1.165, 1.54) is 4.31 Å². The predicted molar refractivity (Wildman–Crippen MR) is 85.7 cm³/mol. The Morgan fingerprint density at radius 2 is 2.14 bits per heavy atom. The van der Waals surface area contributed by atoms with Gasteiger partial charge < -0.3 is 9.64 Å². The Balaban J connectivity index is 1.91. The molecule has 22 heavy (non-hydrogen) atoms. The second-order valence-electron chi connectivity index (χ2n) is 5.68. The van der Waals surface area contributed by atoms with E-state index in [1.807, 2.05) is 32.0 Å². The summed E-state index contributed by atoms with van der Waals surface area (Å²) in [7, 11) is 0.624. The Morgan fingerprint density at radius 3 is 2.73 bits per heavy atom. The molecule has 1 aliphatic heterocycles. The van der Waals surface area contributed by atoms with Crippen LogP contribution in [0.15, 0.2) is 12.1 Å². The van der Waals surface area contributed by atoms with Crippen LogP contribution in [0, 0.1) is 0 Å². The molecule has 7 nitrogen and oxygen atoms in total. The van der Waals surface area contributed by atoms with E-state index >= 15 is 0 Å². The molecule has 0 amide bonds. The van der Waals surface area contributed by atoms with Crippen LogP contribution in [0.5, 0.6) is 5.88 Å². The molecular formula is C14H24N4O3S. The topological polar surface area (TPSA) is 75.6 Å². The van der Waals surface area contributed by atoms with Gasteiger partial charge in [0, 0.05) is 26.7 Å². The van der Waals surface area contributed by atoms with Crippen molar-refractivity contribution in [3.05, 3.63) is 12.1 Å². The number of nitrogens with zero attached hydrogens (tertiary/aromatic N) is 4. The molecule has 0 saturated carbocycles. The van der Waals surface area contributed by atoms with E-state index in [0.717, 1.165) is 12.2 Å². The first-order valence-electron chi connectivity index (χ1n) is 7.58. The van der Waals surface area contributed by atoms with Gasteiger partial charge in [0.15, 0.2) is 5.82 Å². The molecular weight excluding hydrogens is 304 g/mol. The molecule has 0 N–H and O–H groups in total. The van der Waals surface area contributed by atoms with E-state index < -0.39 is 10.0 Å². The van der Waals surface area contributed by atoms with Gasteiger partial charge in [-0.3, -0.25) is 0 Å². The molecule has 1 aromatic heterocycles. The lowest BCUT2D eigenvalue weighted by Gasteiger charge is -2.17. The fraction of sp³-hybridized carbons (Fsp3) is 0.714. The Labute approximate surface area is 132 Å². The normalized spacial score (nSPS) is 19.3. The summed E-state index contributed by atoms with van der Waals surface area (Å²) in [5, 5.41) is 8.07. The molecule has 0 radical (unpaired) electrons. The highest BCUT2D eigenvalue weighted by Crippen LogP contribution is 2.20. The summed E-state index contributed by atoms with van der Waals surface area (Å²) in [4.78, 5) is 1.86. The third kappa shape index (κ3) is 4.30. The molecule has 1 atom stereocenters. The third-order valence-corrected chi connectivity index (χ3v) is 5.55. The highest BCUT2D eigenvalue weighted by Gasteiger charge is 2.32. The van der Waals surface area contributed by atoms with Crippen LogP contribution in [-0.4, -0.2) is 62.0 Å². The summed E-state index contributed by atoms with van der Waals surface area (Å²) in [6.45, 7) is 2.89. The standard InChI is InChI=1S/C14H24N4O3S/c1-4-5-10-22(19,20)18-9-8-12(11-18)21-14-7-6-13(15-16-14)17(2)3/h6-7,12H,4-5,8-11H2,1-3H3. The van der Waals surface area contributed by atoms with E-state index in [9.17, 15) is 8.42 Å². The monoisotopic (exact) mass is 328 g/mol. The smallest absolute Gasteiger partial charge is 0.233 e. The average Bonchev–Trinajstić information content (AvgIpc) is 2.95. The number of unbranched alkanes of at least 4 members (excludes halogenated alkanes) is 1. The number of rotatable bonds is 7. The van der Waals surface area contributed by atoms with E-state index in [0.29, 0.717) is 31.8 Å². The lowest BCUT2D eigenvalue weighted by atomic mass is 10.3. The average molecular weight is 328 g/mol. The van der Waals surface area contributed by atoms with Gasteiger partial charge in [-0.05, 0) is 18.9 Å². The third-order valence-electron chi connectivity index (χ3n) is 3.63.